The number of hydrogen-bond acceptors (Lipinski definition) is 2. The van der Waals surface area contributed by atoms with Crippen molar-refractivity contribution in [3.05, 3.63) is 34.9 Å². The number of fused-ring (bicyclic) bond motifs is 1. The van der Waals surface area contributed by atoms with E-state index in [2.05, 4.69) is 0 Å². The van der Waals surface area contributed by atoms with Crippen molar-refractivity contribution >= 4 is 23.5 Å². The standard InChI is InChI=1S/C13H13ClN2O2/c14-10-5-3-9(4-6-10)8-16-12(17)11-2-1-7-15(11)13(16)18/h3-6,11H,1-2,7-8H2/t11-/m0/s1. The minimum Gasteiger partial charge on any atom is -0.312 e. The van der Waals surface area contributed by atoms with Crippen LogP contribution in [0.15, 0.2) is 24.3 Å². The zero-order chi connectivity index (χ0) is 12.7. The average molecular weight is 265 g/mol. The number of urea groups is 1. The van der Waals surface area contributed by atoms with Crippen molar-refractivity contribution in [1.29, 1.82) is 0 Å². The summed E-state index contributed by atoms with van der Waals surface area (Å²) in [4.78, 5) is 27.2. The van der Waals surface area contributed by atoms with Crippen LogP contribution in [-0.2, 0) is 11.3 Å². The molecular weight excluding hydrogens is 252 g/mol. The molecule has 18 heavy (non-hydrogen) atoms. The Balaban J connectivity index is 1.79. The minimum absolute atomic E-state index is 0.0625. The lowest BCUT2D eigenvalue weighted by Gasteiger charge is -2.15. The number of halogens is 1. The van der Waals surface area contributed by atoms with Crippen molar-refractivity contribution in [2.24, 2.45) is 0 Å². The molecule has 3 amide bonds. The fraction of sp³-hybridized carbons (Fsp3) is 0.385. The predicted octanol–water partition coefficient (Wildman–Crippen LogP) is 2.27. The van der Waals surface area contributed by atoms with Gasteiger partial charge in [0.05, 0.1) is 6.54 Å². The first kappa shape index (κ1) is 11.5. The van der Waals surface area contributed by atoms with E-state index in [-0.39, 0.29) is 18.0 Å². The molecule has 0 bridgehead atoms. The van der Waals surface area contributed by atoms with Gasteiger partial charge in [0.15, 0.2) is 0 Å². The van der Waals surface area contributed by atoms with Gasteiger partial charge >= 0.3 is 6.03 Å². The monoisotopic (exact) mass is 264 g/mol. The Bertz CT molecular complexity index is 478. The highest BCUT2D eigenvalue weighted by atomic mass is 35.5. The van der Waals surface area contributed by atoms with Gasteiger partial charge in [-0.1, -0.05) is 23.7 Å². The lowest BCUT2D eigenvalue weighted by molar-refractivity contribution is -0.128. The Labute approximate surface area is 110 Å². The molecule has 1 aromatic carbocycles. The zero-order valence-electron chi connectivity index (χ0n) is 9.80. The Kier molecular flexibility index (Phi) is 2.74. The number of imide groups is 1. The topological polar surface area (TPSA) is 40.6 Å². The van der Waals surface area contributed by atoms with E-state index in [1.54, 1.807) is 17.0 Å². The largest absolute Gasteiger partial charge is 0.327 e. The van der Waals surface area contributed by atoms with Crippen LogP contribution < -0.4 is 0 Å². The fourth-order valence-corrected chi connectivity index (χ4v) is 2.73. The summed E-state index contributed by atoms with van der Waals surface area (Å²) in [6.07, 6.45) is 1.72. The summed E-state index contributed by atoms with van der Waals surface area (Å²) >= 11 is 5.81. The van der Waals surface area contributed by atoms with Gasteiger partial charge in [0.1, 0.15) is 6.04 Å². The molecule has 2 heterocycles. The molecule has 2 aliphatic rings. The Morgan fingerprint density at radius 2 is 1.94 bits per heavy atom. The molecule has 0 aromatic heterocycles. The van der Waals surface area contributed by atoms with Gasteiger partial charge in [-0.25, -0.2) is 4.79 Å². The number of hydrogen-bond donors (Lipinski definition) is 0. The van der Waals surface area contributed by atoms with Crippen molar-refractivity contribution < 1.29 is 9.59 Å². The summed E-state index contributed by atoms with van der Waals surface area (Å²) in [5, 5.41) is 0.651. The molecule has 2 saturated heterocycles. The highest BCUT2D eigenvalue weighted by Crippen LogP contribution is 2.28. The van der Waals surface area contributed by atoms with Gasteiger partial charge in [-0.05, 0) is 30.5 Å². The van der Waals surface area contributed by atoms with E-state index in [1.165, 1.54) is 4.90 Å². The molecule has 0 spiro atoms. The fourth-order valence-electron chi connectivity index (χ4n) is 2.60. The third kappa shape index (κ3) is 1.77. The molecule has 0 unspecified atom stereocenters. The highest BCUT2D eigenvalue weighted by molar-refractivity contribution is 6.30. The maximum Gasteiger partial charge on any atom is 0.327 e. The highest BCUT2D eigenvalue weighted by Gasteiger charge is 2.46. The van der Waals surface area contributed by atoms with Crippen LogP contribution in [0.5, 0.6) is 0 Å². The second kappa shape index (κ2) is 4.28. The van der Waals surface area contributed by atoms with Crippen molar-refractivity contribution in [2.75, 3.05) is 6.54 Å². The second-order valence-electron chi connectivity index (χ2n) is 4.68. The molecule has 1 aromatic rings. The van der Waals surface area contributed by atoms with E-state index in [0.29, 0.717) is 18.1 Å². The van der Waals surface area contributed by atoms with Crippen LogP contribution in [0.4, 0.5) is 4.79 Å². The molecule has 4 nitrogen and oxygen atoms in total. The SMILES string of the molecule is O=C1[C@@H]2CCCN2C(=O)N1Cc1ccc(Cl)cc1. The third-order valence-electron chi connectivity index (χ3n) is 3.53. The number of rotatable bonds is 2. The molecule has 3 rings (SSSR count). The summed E-state index contributed by atoms with van der Waals surface area (Å²) in [6, 6.07) is 6.84. The number of amides is 3. The van der Waals surface area contributed by atoms with Gasteiger partial charge in [0, 0.05) is 11.6 Å². The summed E-state index contributed by atoms with van der Waals surface area (Å²) in [7, 11) is 0. The maximum atomic E-state index is 12.1. The van der Waals surface area contributed by atoms with Crippen LogP contribution in [0.2, 0.25) is 5.02 Å². The molecule has 0 saturated carbocycles. The van der Waals surface area contributed by atoms with Crippen LogP contribution in [0, 0.1) is 0 Å². The molecule has 2 fully saturated rings. The summed E-state index contributed by atoms with van der Waals surface area (Å²) in [5.74, 6) is -0.0625. The van der Waals surface area contributed by atoms with E-state index in [4.69, 9.17) is 11.6 Å². The molecule has 5 heteroatoms. The first-order valence-corrected chi connectivity index (χ1v) is 6.41. The molecule has 94 valence electrons. The summed E-state index contributed by atoms with van der Waals surface area (Å²) in [6.45, 7) is 1.04. The van der Waals surface area contributed by atoms with E-state index < -0.39 is 0 Å². The maximum absolute atomic E-state index is 12.1. The molecule has 0 radical (unpaired) electrons. The van der Waals surface area contributed by atoms with Crippen molar-refractivity contribution in [3.63, 3.8) is 0 Å². The van der Waals surface area contributed by atoms with E-state index in [9.17, 15) is 9.59 Å². The molecule has 2 aliphatic heterocycles. The first-order valence-electron chi connectivity index (χ1n) is 6.03. The predicted molar refractivity (Wildman–Crippen MR) is 67.1 cm³/mol. The number of carbonyl (C=O) groups excluding carboxylic acids is 2. The van der Waals surface area contributed by atoms with Gasteiger partial charge in [-0.2, -0.15) is 0 Å². The van der Waals surface area contributed by atoms with Gasteiger partial charge in [0.2, 0.25) is 0 Å². The number of carbonyl (C=O) groups is 2. The lowest BCUT2D eigenvalue weighted by atomic mass is 10.2. The molecule has 1 atom stereocenters. The van der Waals surface area contributed by atoms with E-state index >= 15 is 0 Å². The van der Waals surface area contributed by atoms with Gasteiger partial charge in [-0.15, -0.1) is 0 Å². The van der Waals surface area contributed by atoms with Crippen molar-refractivity contribution in [3.8, 4) is 0 Å². The molecular formula is C13H13ClN2O2. The van der Waals surface area contributed by atoms with Gasteiger partial charge in [0.25, 0.3) is 5.91 Å². The Hall–Kier alpha value is -1.55. The molecule has 0 N–H and O–H groups in total. The van der Waals surface area contributed by atoms with Gasteiger partial charge in [-0.3, -0.25) is 9.69 Å². The Morgan fingerprint density at radius 1 is 1.22 bits per heavy atom. The average Bonchev–Trinajstić information content (AvgIpc) is 2.92. The van der Waals surface area contributed by atoms with Crippen LogP contribution >= 0.6 is 11.6 Å². The Morgan fingerprint density at radius 3 is 2.61 bits per heavy atom. The second-order valence-corrected chi connectivity index (χ2v) is 5.12. The zero-order valence-corrected chi connectivity index (χ0v) is 10.6. The molecule has 0 aliphatic carbocycles. The van der Waals surface area contributed by atoms with Gasteiger partial charge < -0.3 is 4.90 Å². The number of benzene rings is 1. The quantitative estimate of drug-likeness (QED) is 0.769. The van der Waals surface area contributed by atoms with E-state index in [0.717, 1.165) is 18.4 Å². The third-order valence-corrected chi connectivity index (χ3v) is 3.79. The minimum atomic E-state index is -0.218. The first-order chi connectivity index (χ1) is 8.66. The normalized spacial score (nSPS) is 22.8. The summed E-state index contributed by atoms with van der Waals surface area (Å²) < 4.78 is 0. The van der Waals surface area contributed by atoms with Crippen LogP contribution in [0.25, 0.3) is 0 Å². The van der Waals surface area contributed by atoms with Crippen LogP contribution in [0.3, 0.4) is 0 Å². The van der Waals surface area contributed by atoms with E-state index in [1.807, 2.05) is 12.1 Å². The number of nitrogens with zero attached hydrogens (tertiary/aromatic N) is 2. The smallest absolute Gasteiger partial charge is 0.312 e. The lowest BCUT2D eigenvalue weighted by Crippen LogP contribution is -2.32. The van der Waals surface area contributed by atoms with Crippen molar-refractivity contribution in [1.82, 2.24) is 9.80 Å². The summed E-state index contributed by atoms with van der Waals surface area (Å²) in [5.41, 5.74) is 0.919. The van der Waals surface area contributed by atoms with Crippen LogP contribution in [-0.4, -0.2) is 34.3 Å². The van der Waals surface area contributed by atoms with Crippen molar-refractivity contribution in [2.45, 2.75) is 25.4 Å². The van der Waals surface area contributed by atoms with Crippen LogP contribution in [0.1, 0.15) is 18.4 Å².